The molecular formula is C32H41N5O4. The van der Waals surface area contributed by atoms with Crippen molar-refractivity contribution in [2.24, 2.45) is 0 Å². The highest BCUT2D eigenvalue weighted by Crippen LogP contribution is 2.28. The van der Waals surface area contributed by atoms with Gasteiger partial charge in [0.2, 0.25) is 0 Å². The van der Waals surface area contributed by atoms with Crippen molar-refractivity contribution in [2.45, 2.75) is 96.1 Å². The Kier molecular flexibility index (Phi) is 8.53. The van der Waals surface area contributed by atoms with E-state index in [1.165, 1.54) is 30.4 Å². The monoisotopic (exact) mass is 559 g/mol. The number of nitrogens with zero attached hydrogens (tertiary/aromatic N) is 3. The second-order valence-corrected chi connectivity index (χ2v) is 11.9. The number of carbonyl (C=O) groups excluding carboxylic acids is 1. The number of Topliss-reactive ketones (excluding diaryl/α,β-unsaturated/α-hetero) is 1. The minimum Gasteiger partial charge on any atom is -0.486 e. The predicted molar refractivity (Wildman–Crippen MR) is 157 cm³/mol. The van der Waals surface area contributed by atoms with E-state index in [0.717, 1.165) is 74.0 Å². The Morgan fingerprint density at radius 2 is 1.83 bits per heavy atom. The zero-order valence-electron chi connectivity index (χ0n) is 23.9. The molecule has 1 atom stereocenters. The first-order valence-corrected chi connectivity index (χ1v) is 15.1. The Labute approximate surface area is 241 Å². The van der Waals surface area contributed by atoms with Crippen molar-refractivity contribution < 1.29 is 19.1 Å². The lowest BCUT2D eigenvalue weighted by Gasteiger charge is -2.30. The lowest BCUT2D eigenvalue weighted by atomic mass is 9.93. The summed E-state index contributed by atoms with van der Waals surface area (Å²) in [6.45, 7) is 4.45. The second-order valence-electron chi connectivity index (χ2n) is 11.9. The van der Waals surface area contributed by atoms with E-state index < -0.39 is 6.10 Å². The summed E-state index contributed by atoms with van der Waals surface area (Å²) in [5.74, 6) is 3.16. The molecule has 0 unspecified atom stereocenters. The molecule has 9 nitrogen and oxygen atoms in total. The zero-order valence-corrected chi connectivity index (χ0v) is 23.9. The third-order valence-corrected chi connectivity index (χ3v) is 8.72. The molecule has 218 valence electrons. The number of nitrogens with one attached hydrogen (secondary N) is 2. The molecule has 0 amide bonds. The van der Waals surface area contributed by atoms with Gasteiger partial charge in [0, 0.05) is 43.7 Å². The average molecular weight is 560 g/mol. The van der Waals surface area contributed by atoms with E-state index in [4.69, 9.17) is 14.1 Å². The van der Waals surface area contributed by atoms with Crippen LogP contribution < -0.4 is 15.4 Å². The van der Waals surface area contributed by atoms with Gasteiger partial charge in [0.05, 0.1) is 11.8 Å². The van der Waals surface area contributed by atoms with Crippen molar-refractivity contribution in [3.05, 3.63) is 64.9 Å². The molecule has 0 bridgehead atoms. The van der Waals surface area contributed by atoms with Gasteiger partial charge < -0.3 is 24.9 Å². The highest BCUT2D eigenvalue weighted by Gasteiger charge is 2.23. The smallest absolute Gasteiger partial charge is 0.181 e. The summed E-state index contributed by atoms with van der Waals surface area (Å²) in [6.07, 6.45) is 9.60. The van der Waals surface area contributed by atoms with Crippen LogP contribution in [0, 0.1) is 6.92 Å². The van der Waals surface area contributed by atoms with Gasteiger partial charge in [0.25, 0.3) is 0 Å². The fraction of sp³-hybridized carbons (Fsp3) is 0.531. The van der Waals surface area contributed by atoms with Crippen LogP contribution in [-0.4, -0.2) is 57.0 Å². The number of rotatable bonds is 13. The Balaban J connectivity index is 0.996. The molecule has 1 aliphatic heterocycles. The van der Waals surface area contributed by atoms with Crippen LogP contribution in [0.25, 0.3) is 0 Å². The molecule has 3 aliphatic rings. The molecule has 9 heteroatoms. The zero-order chi connectivity index (χ0) is 28.2. The van der Waals surface area contributed by atoms with E-state index >= 15 is 0 Å². The number of benzene rings is 1. The number of ether oxygens (including phenoxy) is 1. The molecule has 41 heavy (non-hydrogen) atoms. The number of aliphatic hydroxyl groups is 1. The quantitative estimate of drug-likeness (QED) is 0.241. The van der Waals surface area contributed by atoms with Gasteiger partial charge in [-0.1, -0.05) is 6.07 Å². The summed E-state index contributed by atoms with van der Waals surface area (Å²) >= 11 is 0. The third kappa shape index (κ3) is 7.08. The topological polar surface area (TPSA) is 113 Å². The molecule has 1 aromatic carbocycles. The fourth-order valence-corrected chi connectivity index (χ4v) is 5.64. The van der Waals surface area contributed by atoms with Gasteiger partial charge in [0.1, 0.15) is 24.0 Å². The number of β-amino-alcohol motifs (C(OH)–C–C–N with tert-alkyl or cyclic N) is 1. The van der Waals surface area contributed by atoms with Gasteiger partial charge in [0.15, 0.2) is 17.9 Å². The SMILES string of the molecule is Cc1ncoc1COc1ccc2c(c1)CCN(C[C@@H](O)CCC(=O)c1cc(NC3CCC3)nc(NC3CCC3)c1)C2. The number of anilines is 2. The third-order valence-electron chi connectivity index (χ3n) is 8.72. The summed E-state index contributed by atoms with van der Waals surface area (Å²) in [6, 6.07) is 10.8. The molecule has 0 saturated heterocycles. The first-order valence-electron chi connectivity index (χ1n) is 15.1. The number of oxazole rings is 1. The summed E-state index contributed by atoms with van der Waals surface area (Å²) in [5, 5.41) is 17.8. The van der Waals surface area contributed by atoms with Gasteiger partial charge in [-0.05, 0) is 93.7 Å². The van der Waals surface area contributed by atoms with E-state index in [0.29, 0.717) is 43.6 Å². The summed E-state index contributed by atoms with van der Waals surface area (Å²) in [4.78, 5) is 24.3. The van der Waals surface area contributed by atoms with Crippen LogP contribution in [0.5, 0.6) is 5.75 Å². The van der Waals surface area contributed by atoms with Crippen molar-refractivity contribution >= 4 is 17.4 Å². The van der Waals surface area contributed by atoms with E-state index in [2.05, 4.69) is 32.7 Å². The molecule has 3 N–H and O–H groups in total. The maximum atomic E-state index is 13.2. The van der Waals surface area contributed by atoms with Crippen molar-refractivity contribution in [3.63, 3.8) is 0 Å². The predicted octanol–water partition coefficient (Wildman–Crippen LogP) is 5.27. The van der Waals surface area contributed by atoms with Gasteiger partial charge in [-0.2, -0.15) is 0 Å². The number of ketones is 1. The number of aliphatic hydroxyl groups excluding tert-OH is 1. The van der Waals surface area contributed by atoms with E-state index in [-0.39, 0.29) is 5.78 Å². The molecule has 0 radical (unpaired) electrons. The first kappa shape index (κ1) is 27.7. The highest BCUT2D eigenvalue weighted by atomic mass is 16.5. The van der Waals surface area contributed by atoms with Gasteiger partial charge in [-0.25, -0.2) is 9.97 Å². The number of carbonyl (C=O) groups is 1. The van der Waals surface area contributed by atoms with Crippen LogP contribution in [0.15, 0.2) is 41.1 Å². The Bertz CT molecular complexity index is 1320. The van der Waals surface area contributed by atoms with E-state index in [1.54, 1.807) is 0 Å². The van der Waals surface area contributed by atoms with Crippen molar-refractivity contribution in [3.8, 4) is 5.75 Å². The van der Waals surface area contributed by atoms with Crippen molar-refractivity contribution in [1.82, 2.24) is 14.9 Å². The van der Waals surface area contributed by atoms with Crippen LogP contribution in [0.3, 0.4) is 0 Å². The molecule has 2 saturated carbocycles. The normalized spacial score (nSPS) is 18.2. The van der Waals surface area contributed by atoms with Crippen LogP contribution in [0.1, 0.15) is 84.3 Å². The molecule has 3 aromatic rings. The number of hydrogen-bond acceptors (Lipinski definition) is 9. The Morgan fingerprint density at radius 3 is 2.46 bits per heavy atom. The van der Waals surface area contributed by atoms with Crippen LogP contribution in [0.2, 0.25) is 0 Å². The number of aromatic nitrogens is 2. The molecule has 2 aliphatic carbocycles. The van der Waals surface area contributed by atoms with Gasteiger partial charge in [-0.15, -0.1) is 0 Å². The Hall–Kier alpha value is -3.43. The number of fused-ring (bicyclic) bond motifs is 1. The minimum atomic E-state index is -0.560. The average Bonchev–Trinajstić information content (AvgIpc) is 3.34. The number of aryl methyl sites for hydroxylation is 1. The largest absolute Gasteiger partial charge is 0.486 e. The molecule has 3 heterocycles. The Morgan fingerprint density at radius 1 is 1.10 bits per heavy atom. The van der Waals surface area contributed by atoms with Crippen LogP contribution in [-0.2, 0) is 19.6 Å². The van der Waals surface area contributed by atoms with Gasteiger partial charge in [-0.3, -0.25) is 9.69 Å². The summed E-state index contributed by atoms with van der Waals surface area (Å²) in [5.41, 5.74) is 4.03. The fourth-order valence-electron chi connectivity index (χ4n) is 5.64. The molecular weight excluding hydrogens is 518 g/mol. The molecule has 2 fully saturated rings. The van der Waals surface area contributed by atoms with Crippen LogP contribution in [0.4, 0.5) is 11.6 Å². The second kappa shape index (κ2) is 12.6. The molecule has 0 spiro atoms. The maximum Gasteiger partial charge on any atom is 0.181 e. The first-order chi connectivity index (χ1) is 20.0. The summed E-state index contributed by atoms with van der Waals surface area (Å²) < 4.78 is 11.3. The van der Waals surface area contributed by atoms with E-state index in [1.807, 2.05) is 25.1 Å². The van der Waals surface area contributed by atoms with Crippen molar-refractivity contribution in [1.29, 1.82) is 0 Å². The van der Waals surface area contributed by atoms with Crippen molar-refractivity contribution in [2.75, 3.05) is 23.7 Å². The lowest BCUT2D eigenvalue weighted by molar-refractivity contribution is 0.0836. The van der Waals surface area contributed by atoms with Crippen LogP contribution >= 0.6 is 0 Å². The minimum absolute atomic E-state index is 0.0526. The number of hydrogen-bond donors (Lipinski definition) is 3. The van der Waals surface area contributed by atoms with E-state index in [9.17, 15) is 9.90 Å². The molecule has 2 aromatic heterocycles. The number of pyridine rings is 1. The standard InChI is InChI=1S/C32H41N5O4/c1-21-30(41-20-33-21)19-40-28-10-8-23-17-37(13-12-22(23)14-28)18-27(38)9-11-29(39)24-15-31(34-25-4-2-5-25)36-32(16-24)35-26-6-3-7-26/h8,10,14-16,20,25-27,38H,2-7,9,11-13,17-19H2,1H3,(H2,34,35,36)/t27-/m0/s1. The summed E-state index contributed by atoms with van der Waals surface area (Å²) in [7, 11) is 0. The maximum absolute atomic E-state index is 13.2. The lowest BCUT2D eigenvalue weighted by Crippen LogP contribution is -2.36. The molecule has 6 rings (SSSR count). The van der Waals surface area contributed by atoms with Gasteiger partial charge >= 0.3 is 0 Å². The highest BCUT2D eigenvalue weighted by molar-refractivity contribution is 5.97.